The molecule has 4 rings (SSSR count). The van der Waals surface area contributed by atoms with Crippen LogP contribution in [0.15, 0.2) is 30.5 Å². The molecule has 0 atom stereocenters. The molecule has 2 aromatic rings. The van der Waals surface area contributed by atoms with Gasteiger partial charge in [-0.25, -0.2) is 4.98 Å². The second-order valence-corrected chi connectivity index (χ2v) is 7.60. The Morgan fingerprint density at radius 2 is 1.94 bits per heavy atom. The lowest BCUT2D eigenvalue weighted by atomic mass is 9.96. The summed E-state index contributed by atoms with van der Waals surface area (Å²) in [6.45, 7) is 0.611. The third-order valence-corrected chi connectivity index (χ3v) is 5.64. The minimum atomic E-state index is -4.14. The van der Waals surface area contributed by atoms with Gasteiger partial charge in [0.2, 0.25) is 0 Å². The van der Waals surface area contributed by atoms with Gasteiger partial charge in [0, 0.05) is 38.0 Å². The summed E-state index contributed by atoms with van der Waals surface area (Å²) in [7, 11) is 3.18. The summed E-state index contributed by atoms with van der Waals surface area (Å²) in [5.74, 6) is 0.118. The van der Waals surface area contributed by atoms with Crippen molar-refractivity contribution < 1.29 is 27.4 Å². The molecular formula is C21H23F3N4O3. The smallest absolute Gasteiger partial charge is 0.391 e. The van der Waals surface area contributed by atoms with E-state index < -0.39 is 12.1 Å². The molecule has 10 heteroatoms. The maximum absolute atomic E-state index is 12.9. The average molecular weight is 436 g/mol. The molecule has 0 unspecified atom stereocenters. The van der Waals surface area contributed by atoms with Crippen LogP contribution in [0, 0.1) is 5.92 Å². The molecule has 1 saturated heterocycles. The van der Waals surface area contributed by atoms with E-state index in [-0.39, 0.29) is 25.4 Å². The number of alkyl halides is 3. The second kappa shape index (κ2) is 8.16. The van der Waals surface area contributed by atoms with Crippen LogP contribution in [-0.4, -0.2) is 50.9 Å². The number of piperidine rings is 1. The molecule has 1 aromatic heterocycles. The van der Waals surface area contributed by atoms with E-state index in [0.717, 1.165) is 11.4 Å². The summed E-state index contributed by atoms with van der Waals surface area (Å²) in [6, 6.07) is 7.22. The number of anilines is 4. The molecule has 3 heterocycles. The Labute approximate surface area is 177 Å². The fourth-order valence-corrected chi connectivity index (χ4v) is 3.85. The van der Waals surface area contributed by atoms with Gasteiger partial charge in [-0.1, -0.05) is 0 Å². The van der Waals surface area contributed by atoms with Crippen molar-refractivity contribution in [1.82, 2.24) is 4.98 Å². The van der Waals surface area contributed by atoms with E-state index >= 15 is 0 Å². The third-order valence-electron chi connectivity index (χ3n) is 5.64. The molecule has 1 amide bonds. The Hall–Kier alpha value is -3.17. The first-order valence-corrected chi connectivity index (χ1v) is 9.92. The third kappa shape index (κ3) is 4.33. The predicted octanol–water partition coefficient (Wildman–Crippen LogP) is 3.97. The normalized spacial score (nSPS) is 17.3. The summed E-state index contributed by atoms with van der Waals surface area (Å²) in [6.07, 6.45) is -2.40. The number of nitrogens with one attached hydrogen (secondary N) is 1. The Balaban J connectivity index is 1.48. The Bertz CT molecular complexity index is 975. The number of pyridine rings is 1. The molecule has 0 spiro atoms. The molecule has 2 aliphatic heterocycles. The number of nitrogens with zero attached hydrogens (tertiary/aromatic N) is 3. The van der Waals surface area contributed by atoms with Crippen LogP contribution in [0.4, 0.5) is 36.1 Å². The summed E-state index contributed by atoms with van der Waals surface area (Å²) >= 11 is 0. The highest BCUT2D eigenvalue weighted by atomic mass is 19.4. The number of hydrogen-bond donors (Lipinski definition) is 1. The van der Waals surface area contributed by atoms with Crippen molar-refractivity contribution in [3.8, 4) is 11.5 Å². The number of halogens is 3. The number of rotatable bonds is 4. The minimum Gasteiger partial charge on any atom is -0.495 e. The number of carbonyl (C=O) groups is 1. The van der Waals surface area contributed by atoms with Crippen molar-refractivity contribution in [2.45, 2.75) is 19.0 Å². The molecule has 0 saturated carbocycles. The molecule has 0 radical (unpaired) electrons. The van der Waals surface area contributed by atoms with Crippen LogP contribution in [0.5, 0.6) is 11.5 Å². The van der Waals surface area contributed by atoms with Crippen molar-refractivity contribution in [3.05, 3.63) is 30.5 Å². The van der Waals surface area contributed by atoms with Gasteiger partial charge in [0.25, 0.3) is 5.91 Å². The van der Waals surface area contributed by atoms with E-state index in [9.17, 15) is 18.0 Å². The molecule has 0 aliphatic carbocycles. The van der Waals surface area contributed by atoms with Crippen LogP contribution in [0.25, 0.3) is 0 Å². The standard InChI is InChI=1S/C21H23F3N4O3/c1-27-19(29)12-31-18-10-15(11-25-20(18)27)26-14-3-4-16(17(9-14)30-2)28-7-5-13(6-8-28)21(22,23)24/h3-4,9-11,13,26H,5-8,12H2,1-2H3. The second-order valence-electron chi connectivity index (χ2n) is 7.60. The van der Waals surface area contributed by atoms with E-state index in [0.29, 0.717) is 36.1 Å². The van der Waals surface area contributed by atoms with E-state index in [2.05, 4.69) is 10.3 Å². The van der Waals surface area contributed by atoms with Crippen LogP contribution in [0.3, 0.4) is 0 Å². The molecule has 1 fully saturated rings. The zero-order valence-electron chi connectivity index (χ0n) is 17.2. The molecule has 7 nitrogen and oxygen atoms in total. The summed E-state index contributed by atoms with van der Waals surface area (Å²) in [5.41, 5.74) is 2.16. The highest BCUT2D eigenvalue weighted by Gasteiger charge is 2.41. The maximum atomic E-state index is 12.9. The van der Waals surface area contributed by atoms with E-state index in [1.165, 1.54) is 12.0 Å². The zero-order valence-corrected chi connectivity index (χ0v) is 17.2. The Kier molecular flexibility index (Phi) is 5.55. The molecule has 0 bridgehead atoms. The number of carbonyl (C=O) groups excluding carboxylic acids is 1. The summed E-state index contributed by atoms with van der Waals surface area (Å²) < 4.78 is 49.8. The number of likely N-dealkylation sites (N-methyl/N-ethyl adjacent to an activating group) is 1. The lowest BCUT2D eigenvalue weighted by Crippen LogP contribution is -2.39. The van der Waals surface area contributed by atoms with Crippen LogP contribution >= 0.6 is 0 Å². The van der Waals surface area contributed by atoms with Gasteiger partial charge in [-0.15, -0.1) is 0 Å². The number of methoxy groups -OCH3 is 1. The number of fused-ring (bicyclic) bond motifs is 1. The fraction of sp³-hybridized carbons (Fsp3) is 0.429. The van der Waals surface area contributed by atoms with E-state index in [1.54, 1.807) is 25.4 Å². The molecule has 2 aliphatic rings. The quantitative estimate of drug-likeness (QED) is 0.783. The van der Waals surface area contributed by atoms with Crippen LogP contribution in [-0.2, 0) is 4.79 Å². The fourth-order valence-electron chi connectivity index (χ4n) is 3.85. The average Bonchev–Trinajstić information content (AvgIpc) is 2.76. The van der Waals surface area contributed by atoms with E-state index in [4.69, 9.17) is 9.47 Å². The van der Waals surface area contributed by atoms with Crippen molar-refractivity contribution >= 4 is 28.8 Å². The van der Waals surface area contributed by atoms with Gasteiger partial charge in [-0.3, -0.25) is 9.69 Å². The lowest BCUT2D eigenvalue weighted by molar-refractivity contribution is -0.179. The first kappa shape index (κ1) is 21.1. The summed E-state index contributed by atoms with van der Waals surface area (Å²) in [4.78, 5) is 19.4. The number of aromatic nitrogens is 1. The van der Waals surface area contributed by atoms with Gasteiger partial charge in [0.05, 0.1) is 30.6 Å². The SMILES string of the molecule is COc1cc(Nc2cnc3c(c2)OCC(=O)N3C)ccc1N1CCC(C(F)(F)F)CC1. The number of benzene rings is 1. The van der Waals surface area contributed by atoms with Crippen LogP contribution in [0.2, 0.25) is 0 Å². The topological polar surface area (TPSA) is 66.9 Å². The number of ether oxygens (including phenoxy) is 2. The summed E-state index contributed by atoms with van der Waals surface area (Å²) in [5, 5.41) is 3.22. The predicted molar refractivity (Wildman–Crippen MR) is 110 cm³/mol. The monoisotopic (exact) mass is 436 g/mol. The van der Waals surface area contributed by atoms with E-state index in [1.807, 2.05) is 17.0 Å². The zero-order chi connectivity index (χ0) is 22.2. The van der Waals surface area contributed by atoms with Crippen molar-refractivity contribution in [2.75, 3.05) is 49.0 Å². The Morgan fingerprint density at radius 1 is 1.19 bits per heavy atom. The van der Waals surface area contributed by atoms with Gasteiger partial charge in [0.15, 0.2) is 18.2 Å². The molecule has 31 heavy (non-hydrogen) atoms. The lowest BCUT2D eigenvalue weighted by Gasteiger charge is -2.35. The highest BCUT2D eigenvalue weighted by molar-refractivity contribution is 5.96. The van der Waals surface area contributed by atoms with Gasteiger partial charge >= 0.3 is 6.18 Å². The van der Waals surface area contributed by atoms with Crippen molar-refractivity contribution in [2.24, 2.45) is 5.92 Å². The highest BCUT2D eigenvalue weighted by Crippen LogP contribution is 2.39. The number of hydrogen-bond acceptors (Lipinski definition) is 6. The minimum absolute atomic E-state index is 0.0395. The molecular weight excluding hydrogens is 413 g/mol. The van der Waals surface area contributed by atoms with Crippen LogP contribution < -0.4 is 24.6 Å². The van der Waals surface area contributed by atoms with Gasteiger partial charge < -0.3 is 19.7 Å². The molecule has 1 N–H and O–H groups in total. The van der Waals surface area contributed by atoms with Crippen molar-refractivity contribution in [3.63, 3.8) is 0 Å². The number of amides is 1. The van der Waals surface area contributed by atoms with Gasteiger partial charge in [-0.05, 0) is 25.0 Å². The van der Waals surface area contributed by atoms with Gasteiger partial charge in [-0.2, -0.15) is 13.2 Å². The largest absolute Gasteiger partial charge is 0.495 e. The first-order chi connectivity index (χ1) is 14.8. The van der Waals surface area contributed by atoms with Crippen LogP contribution in [0.1, 0.15) is 12.8 Å². The van der Waals surface area contributed by atoms with Gasteiger partial charge in [0.1, 0.15) is 5.75 Å². The molecule has 1 aromatic carbocycles. The molecule has 166 valence electrons. The first-order valence-electron chi connectivity index (χ1n) is 9.92. The Morgan fingerprint density at radius 3 is 2.61 bits per heavy atom. The van der Waals surface area contributed by atoms with Crippen molar-refractivity contribution in [1.29, 1.82) is 0 Å². The maximum Gasteiger partial charge on any atom is 0.391 e.